The van der Waals surface area contributed by atoms with Gasteiger partial charge in [-0.3, -0.25) is 0 Å². The second kappa shape index (κ2) is 8.13. The van der Waals surface area contributed by atoms with Crippen LogP contribution in [0.15, 0.2) is 0 Å². The zero-order valence-electron chi connectivity index (χ0n) is 12.8. The Morgan fingerprint density at radius 2 is 1.83 bits per heavy atom. The first-order chi connectivity index (χ1) is 8.51. The number of rotatable bonds is 7. The molecule has 3 heteroatoms. The smallest absolute Gasteiger partial charge is 0.0697 e. The lowest BCUT2D eigenvalue weighted by molar-refractivity contribution is 0.0294. The molecule has 1 aliphatic heterocycles. The highest BCUT2D eigenvalue weighted by Gasteiger charge is 2.14. The van der Waals surface area contributed by atoms with E-state index in [9.17, 15) is 0 Å². The molecule has 108 valence electrons. The molecule has 0 saturated carbocycles. The van der Waals surface area contributed by atoms with E-state index in [4.69, 9.17) is 4.74 Å². The van der Waals surface area contributed by atoms with Crippen LogP contribution in [0.4, 0.5) is 0 Å². The van der Waals surface area contributed by atoms with E-state index >= 15 is 0 Å². The van der Waals surface area contributed by atoms with Gasteiger partial charge in [0.2, 0.25) is 0 Å². The quantitative estimate of drug-likeness (QED) is 0.758. The molecule has 1 atom stereocenters. The van der Waals surface area contributed by atoms with Crippen LogP contribution < -0.4 is 5.32 Å². The Bertz CT molecular complexity index is 207. The van der Waals surface area contributed by atoms with Crippen molar-refractivity contribution in [3.63, 3.8) is 0 Å². The standard InChI is InChI=1S/C15H32N2O/c1-5-14(13-16-15(2,3)4)18-12-11-17-9-7-6-8-10-17/h14,16H,5-13H2,1-4H3. The summed E-state index contributed by atoms with van der Waals surface area (Å²) in [7, 11) is 0. The second-order valence-corrected chi connectivity index (χ2v) is 6.43. The summed E-state index contributed by atoms with van der Waals surface area (Å²) >= 11 is 0. The molecule has 0 aromatic rings. The lowest BCUT2D eigenvalue weighted by Crippen LogP contribution is -2.42. The van der Waals surface area contributed by atoms with E-state index in [0.717, 1.165) is 26.1 Å². The van der Waals surface area contributed by atoms with E-state index in [1.54, 1.807) is 0 Å². The van der Waals surface area contributed by atoms with Crippen molar-refractivity contribution in [1.29, 1.82) is 0 Å². The summed E-state index contributed by atoms with van der Waals surface area (Å²) in [5, 5.41) is 3.52. The Morgan fingerprint density at radius 1 is 1.17 bits per heavy atom. The van der Waals surface area contributed by atoms with Gasteiger partial charge in [0, 0.05) is 18.6 Å². The third kappa shape index (κ3) is 7.34. The number of ether oxygens (including phenoxy) is 1. The van der Waals surface area contributed by atoms with Crippen LogP contribution in [-0.2, 0) is 4.74 Å². The second-order valence-electron chi connectivity index (χ2n) is 6.43. The fourth-order valence-electron chi connectivity index (χ4n) is 2.27. The van der Waals surface area contributed by atoms with Gasteiger partial charge >= 0.3 is 0 Å². The first-order valence-electron chi connectivity index (χ1n) is 7.60. The molecular weight excluding hydrogens is 224 g/mol. The monoisotopic (exact) mass is 256 g/mol. The highest BCUT2D eigenvalue weighted by Crippen LogP contribution is 2.08. The summed E-state index contributed by atoms with van der Waals surface area (Å²) in [5.74, 6) is 0. The first kappa shape index (κ1) is 15.9. The minimum absolute atomic E-state index is 0.184. The molecule has 0 spiro atoms. The highest BCUT2D eigenvalue weighted by atomic mass is 16.5. The molecule has 3 nitrogen and oxygen atoms in total. The number of hydrogen-bond acceptors (Lipinski definition) is 3. The molecule has 1 heterocycles. The van der Waals surface area contributed by atoms with Gasteiger partial charge in [-0.05, 0) is 53.1 Å². The average molecular weight is 256 g/mol. The molecule has 1 fully saturated rings. The van der Waals surface area contributed by atoms with Gasteiger partial charge in [0.1, 0.15) is 0 Å². The fraction of sp³-hybridized carbons (Fsp3) is 1.00. The van der Waals surface area contributed by atoms with Crippen molar-refractivity contribution in [1.82, 2.24) is 10.2 Å². The number of piperidine rings is 1. The van der Waals surface area contributed by atoms with Crippen molar-refractivity contribution in [3.05, 3.63) is 0 Å². The van der Waals surface area contributed by atoms with E-state index in [1.807, 2.05) is 0 Å². The maximum absolute atomic E-state index is 5.99. The van der Waals surface area contributed by atoms with Crippen LogP contribution >= 0.6 is 0 Å². The van der Waals surface area contributed by atoms with Gasteiger partial charge < -0.3 is 15.0 Å². The zero-order chi connectivity index (χ0) is 13.4. The third-order valence-corrected chi connectivity index (χ3v) is 3.53. The molecule has 1 rings (SSSR count). The molecule has 0 radical (unpaired) electrons. The maximum Gasteiger partial charge on any atom is 0.0697 e. The Labute approximate surface area is 113 Å². The van der Waals surface area contributed by atoms with Crippen LogP contribution in [-0.4, -0.2) is 49.3 Å². The van der Waals surface area contributed by atoms with Crippen LogP contribution in [0, 0.1) is 0 Å². The van der Waals surface area contributed by atoms with Crippen molar-refractivity contribution in [2.75, 3.05) is 32.8 Å². The van der Waals surface area contributed by atoms with Gasteiger partial charge in [-0.1, -0.05) is 13.3 Å². The van der Waals surface area contributed by atoms with Gasteiger partial charge in [-0.2, -0.15) is 0 Å². The van der Waals surface area contributed by atoms with Crippen LogP contribution in [0.25, 0.3) is 0 Å². The van der Waals surface area contributed by atoms with Gasteiger partial charge in [-0.15, -0.1) is 0 Å². The summed E-state index contributed by atoms with van der Waals surface area (Å²) in [6, 6.07) is 0. The van der Waals surface area contributed by atoms with Gasteiger partial charge in [0.05, 0.1) is 12.7 Å². The Hall–Kier alpha value is -0.120. The van der Waals surface area contributed by atoms with E-state index in [2.05, 4.69) is 37.9 Å². The summed E-state index contributed by atoms with van der Waals surface area (Å²) < 4.78 is 5.99. The molecule has 0 bridgehead atoms. The SMILES string of the molecule is CCC(CNC(C)(C)C)OCCN1CCCCC1. The van der Waals surface area contributed by atoms with Crippen LogP contribution in [0.3, 0.4) is 0 Å². The van der Waals surface area contributed by atoms with Gasteiger partial charge in [-0.25, -0.2) is 0 Å². The zero-order valence-corrected chi connectivity index (χ0v) is 12.8. The number of nitrogens with one attached hydrogen (secondary N) is 1. The predicted molar refractivity (Wildman–Crippen MR) is 78.1 cm³/mol. The van der Waals surface area contributed by atoms with Gasteiger partial charge in [0.15, 0.2) is 0 Å². The summed E-state index contributed by atoms with van der Waals surface area (Å²) in [6.45, 7) is 14.3. The Balaban J connectivity index is 2.10. The molecule has 0 aliphatic carbocycles. The van der Waals surface area contributed by atoms with Crippen LogP contribution in [0.1, 0.15) is 53.4 Å². The minimum atomic E-state index is 0.184. The Morgan fingerprint density at radius 3 is 2.39 bits per heavy atom. The van der Waals surface area contributed by atoms with Crippen molar-refractivity contribution in [2.24, 2.45) is 0 Å². The largest absolute Gasteiger partial charge is 0.376 e. The molecule has 1 N–H and O–H groups in total. The van der Waals surface area contributed by atoms with E-state index in [1.165, 1.54) is 32.4 Å². The first-order valence-corrected chi connectivity index (χ1v) is 7.60. The molecule has 1 saturated heterocycles. The average Bonchev–Trinajstić information content (AvgIpc) is 2.33. The van der Waals surface area contributed by atoms with Crippen molar-refractivity contribution >= 4 is 0 Å². The van der Waals surface area contributed by atoms with Crippen molar-refractivity contribution in [2.45, 2.75) is 65.0 Å². The molecule has 0 aromatic carbocycles. The number of likely N-dealkylation sites (tertiary alicyclic amines) is 1. The number of nitrogens with zero attached hydrogens (tertiary/aromatic N) is 1. The van der Waals surface area contributed by atoms with Crippen molar-refractivity contribution < 1.29 is 4.74 Å². The van der Waals surface area contributed by atoms with E-state index in [0.29, 0.717) is 6.10 Å². The van der Waals surface area contributed by atoms with E-state index in [-0.39, 0.29) is 5.54 Å². The third-order valence-electron chi connectivity index (χ3n) is 3.53. The summed E-state index contributed by atoms with van der Waals surface area (Å²) in [5.41, 5.74) is 0.184. The molecule has 1 aliphatic rings. The number of hydrogen-bond donors (Lipinski definition) is 1. The molecule has 1 unspecified atom stereocenters. The lowest BCUT2D eigenvalue weighted by atomic mass is 10.1. The topological polar surface area (TPSA) is 24.5 Å². The fourth-order valence-corrected chi connectivity index (χ4v) is 2.27. The molecule has 0 aromatic heterocycles. The summed E-state index contributed by atoms with van der Waals surface area (Å²) in [4.78, 5) is 2.54. The van der Waals surface area contributed by atoms with Crippen LogP contribution in [0.2, 0.25) is 0 Å². The minimum Gasteiger partial charge on any atom is -0.376 e. The molecule has 18 heavy (non-hydrogen) atoms. The summed E-state index contributed by atoms with van der Waals surface area (Å²) in [6.07, 6.45) is 5.58. The van der Waals surface area contributed by atoms with E-state index < -0.39 is 0 Å². The molecule has 0 amide bonds. The highest BCUT2D eigenvalue weighted by molar-refractivity contribution is 4.73. The Kier molecular flexibility index (Phi) is 7.20. The van der Waals surface area contributed by atoms with Crippen molar-refractivity contribution in [3.8, 4) is 0 Å². The van der Waals surface area contributed by atoms with Gasteiger partial charge in [0.25, 0.3) is 0 Å². The normalized spacial score (nSPS) is 20.0. The molecular formula is C15H32N2O. The predicted octanol–water partition coefficient (Wildman–Crippen LogP) is 2.66. The van der Waals surface area contributed by atoms with Crippen LogP contribution in [0.5, 0.6) is 0 Å². The maximum atomic E-state index is 5.99. The lowest BCUT2D eigenvalue weighted by Gasteiger charge is -2.28.